The van der Waals surface area contributed by atoms with E-state index in [0.29, 0.717) is 11.1 Å². The van der Waals surface area contributed by atoms with E-state index in [0.717, 1.165) is 5.56 Å². The highest BCUT2D eigenvalue weighted by molar-refractivity contribution is 6.11. The largest absolute Gasteiger partial charge is 0.478 e. The molecular formula is C25H18N2O5. The fourth-order valence-electron chi connectivity index (χ4n) is 2.81. The van der Waals surface area contributed by atoms with E-state index >= 15 is 0 Å². The quantitative estimate of drug-likeness (QED) is 0.260. The average molecular weight is 426 g/mol. The Hall–Kier alpha value is -4.70. The molecule has 7 nitrogen and oxygen atoms in total. The van der Waals surface area contributed by atoms with Crippen molar-refractivity contribution < 1.29 is 24.2 Å². The summed E-state index contributed by atoms with van der Waals surface area (Å²) in [6.45, 7) is 1.91. The Morgan fingerprint density at radius 1 is 1.00 bits per heavy atom. The molecule has 158 valence electrons. The van der Waals surface area contributed by atoms with Crippen LogP contribution in [-0.2, 0) is 4.79 Å². The van der Waals surface area contributed by atoms with Crippen LogP contribution >= 0.6 is 0 Å². The van der Waals surface area contributed by atoms with Crippen LogP contribution in [0.5, 0.6) is 5.75 Å². The number of esters is 1. The van der Waals surface area contributed by atoms with Crippen LogP contribution in [0, 0.1) is 18.3 Å². The minimum atomic E-state index is -1.20. The average Bonchev–Trinajstić information content (AvgIpc) is 2.78. The number of ether oxygens (including phenoxy) is 1. The maximum atomic E-state index is 12.5. The number of nitrogens with one attached hydrogen (secondary N) is 1. The van der Waals surface area contributed by atoms with Crippen molar-refractivity contribution in [3.8, 4) is 11.8 Å². The van der Waals surface area contributed by atoms with Gasteiger partial charge in [-0.15, -0.1) is 0 Å². The van der Waals surface area contributed by atoms with Crippen molar-refractivity contribution in [1.29, 1.82) is 5.26 Å². The molecule has 0 aliphatic carbocycles. The molecule has 3 aromatic rings. The zero-order valence-electron chi connectivity index (χ0n) is 17.0. The third-order valence-electron chi connectivity index (χ3n) is 4.44. The molecule has 0 saturated carbocycles. The molecule has 3 aromatic carbocycles. The molecule has 0 radical (unpaired) electrons. The Labute approximate surface area is 184 Å². The highest BCUT2D eigenvalue weighted by Gasteiger charge is 2.15. The third kappa shape index (κ3) is 5.46. The molecule has 3 rings (SSSR count). The van der Waals surface area contributed by atoms with Gasteiger partial charge in [-0.25, -0.2) is 9.59 Å². The lowest BCUT2D eigenvalue weighted by molar-refractivity contribution is -0.112. The molecule has 0 heterocycles. The van der Waals surface area contributed by atoms with Gasteiger partial charge in [-0.3, -0.25) is 4.79 Å². The smallest absolute Gasteiger partial charge is 0.343 e. The summed E-state index contributed by atoms with van der Waals surface area (Å²) in [6, 6.07) is 21.0. The highest BCUT2D eigenvalue weighted by Crippen LogP contribution is 2.20. The Bertz CT molecular complexity index is 1250. The second-order valence-corrected chi connectivity index (χ2v) is 6.80. The molecule has 32 heavy (non-hydrogen) atoms. The van der Waals surface area contributed by atoms with Crippen molar-refractivity contribution in [3.05, 3.63) is 101 Å². The van der Waals surface area contributed by atoms with Crippen molar-refractivity contribution in [2.75, 3.05) is 5.32 Å². The summed E-state index contributed by atoms with van der Waals surface area (Å²) < 4.78 is 5.38. The van der Waals surface area contributed by atoms with Gasteiger partial charge < -0.3 is 15.2 Å². The third-order valence-corrected chi connectivity index (χ3v) is 4.44. The lowest BCUT2D eigenvalue weighted by atomic mass is 10.1. The number of benzene rings is 3. The number of para-hydroxylation sites is 1. The Morgan fingerprint density at radius 3 is 2.41 bits per heavy atom. The first kappa shape index (κ1) is 22.0. The zero-order valence-corrected chi connectivity index (χ0v) is 17.0. The molecule has 0 aromatic heterocycles. The van der Waals surface area contributed by atoms with E-state index in [-0.39, 0.29) is 22.6 Å². The number of aryl methyl sites for hydroxylation is 1. The SMILES string of the molecule is Cc1ccc(C(=O)Oc2cccc(/C=C(\C#N)C(=O)Nc3ccccc3C(=O)O)c2)cc1. The van der Waals surface area contributed by atoms with Crippen molar-refractivity contribution in [2.24, 2.45) is 0 Å². The number of amides is 1. The number of nitrogens with zero attached hydrogens (tertiary/aromatic N) is 1. The lowest BCUT2D eigenvalue weighted by Gasteiger charge is -2.08. The van der Waals surface area contributed by atoms with E-state index in [1.165, 1.54) is 30.3 Å². The van der Waals surface area contributed by atoms with Crippen LogP contribution in [-0.4, -0.2) is 23.0 Å². The number of nitriles is 1. The number of hydrogen-bond acceptors (Lipinski definition) is 5. The zero-order chi connectivity index (χ0) is 23.1. The van der Waals surface area contributed by atoms with Crippen molar-refractivity contribution in [2.45, 2.75) is 6.92 Å². The second kappa shape index (κ2) is 9.87. The summed E-state index contributed by atoms with van der Waals surface area (Å²) >= 11 is 0. The second-order valence-electron chi connectivity index (χ2n) is 6.80. The first-order chi connectivity index (χ1) is 15.4. The first-order valence-electron chi connectivity index (χ1n) is 9.52. The van der Waals surface area contributed by atoms with E-state index < -0.39 is 17.8 Å². The number of carboxylic acids is 1. The van der Waals surface area contributed by atoms with E-state index in [2.05, 4.69) is 5.32 Å². The van der Waals surface area contributed by atoms with Crippen LogP contribution in [0.3, 0.4) is 0 Å². The number of carbonyl (C=O) groups is 3. The highest BCUT2D eigenvalue weighted by atomic mass is 16.5. The molecule has 0 fully saturated rings. The number of hydrogen-bond donors (Lipinski definition) is 2. The number of aromatic carboxylic acids is 1. The molecule has 1 amide bonds. The maximum Gasteiger partial charge on any atom is 0.343 e. The molecule has 0 bridgehead atoms. The first-order valence-corrected chi connectivity index (χ1v) is 9.52. The molecule has 0 spiro atoms. The van der Waals surface area contributed by atoms with Crippen molar-refractivity contribution in [1.82, 2.24) is 0 Å². The van der Waals surface area contributed by atoms with Gasteiger partial charge in [-0.2, -0.15) is 5.26 Å². The molecule has 7 heteroatoms. The van der Waals surface area contributed by atoms with Crippen molar-refractivity contribution >= 4 is 29.6 Å². The molecule has 0 unspecified atom stereocenters. The molecule has 2 N–H and O–H groups in total. The number of anilines is 1. The molecular weight excluding hydrogens is 408 g/mol. The van der Waals surface area contributed by atoms with Crippen LogP contribution < -0.4 is 10.1 Å². The van der Waals surface area contributed by atoms with E-state index in [9.17, 15) is 24.8 Å². The van der Waals surface area contributed by atoms with Gasteiger partial charge in [0.25, 0.3) is 5.91 Å². The van der Waals surface area contributed by atoms with Gasteiger partial charge in [0.05, 0.1) is 16.8 Å². The van der Waals surface area contributed by atoms with Crippen LogP contribution in [0.25, 0.3) is 6.08 Å². The van der Waals surface area contributed by atoms with Crippen LogP contribution in [0.1, 0.15) is 31.8 Å². The normalized spacial score (nSPS) is 10.7. The topological polar surface area (TPSA) is 116 Å². The predicted molar refractivity (Wildman–Crippen MR) is 118 cm³/mol. The minimum absolute atomic E-state index is 0.0759. The van der Waals surface area contributed by atoms with Gasteiger partial charge in [0.2, 0.25) is 0 Å². The van der Waals surface area contributed by atoms with Gasteiger partial charge >= 0.3 is 11.9 Å². The van der Waals surface area contributed by atoms with Crippen LogP contribution in [0.2, 0.25) is 0 Å². The summed E-state index contributed by atoms with van der Waals surface area (Å²) in [5, 5.41) is 21.1. The Balaban J connectivity index is 1.78. The van der Waals surface area contributed by atoms with Gasteiger partial charge in [0, 0.05) is 0 Å². The van der Waals surface area contributed by atoms with Gasteiger partial charge in [0.15, 0.2) is 0 Å². The van der Waals surface area contributed by atoms with Gasteiger partial charge in [0.1, 0.15) is 17.4 Å². The number of carboxylic acid groups (broad SMARTS) is 1. The summed E-state index contributed by atoms with van der Waals surface area (Å²) in [5.74, 6) is -2.25. The standard InChI is InChI=1S/C25H18N2O5/c1-16-9-11-18(12-10-16)25(31)32-20-6-4-5-17(14-20)13-19(15-26)23(28)27-22-8-3-2-7-21(22)24(29)30/h2-14H,1H3,(H,27,28)(H,29,30)/b19-13+. The van der Waals surface area contributed by atoms with E-state index in [4.69, 9.17) is 4.74 Å². The lowest BCUT2D eigenvalue weighted by Crippen LogP contribution is -2.16. The summed E-state index contributed by atoms with van der Waals surface area (Å²) in [5.41, 5.74) is 1.60. The van der Waals surface area contributed by atoms with Gasteiger partial charge in [-0.1, -0.05) is 42.0 Å². The fourth-order valence-corrected chi connectivity index (χ4v) is 2.81. The summed E-state index contributed by atoms with van der Waals surface area (Å²) in [7, 11) is 0. The van der Waals surface area contributed by atoms with E-state index in [1.807, 2.05) is 6.92 Å². The van der Waals surface area contributed by atoms with Crippen molar-refractivity contribution in [3.63, 3.8) is 0 Å². The number of carbonyl (C=O) groups excluding carboxylic acids is 2. The summed E-state index contributed by atoms with van der Waals surface area (Å²) in [4.78, 5) is 36.1. The summed E-state index contributed by atoms with van der Waals surface area (Å²) in [6.07, 6.45) is 1.32. The minimum Gasteiger partial charge on any atom is -0.478 e. The number of rotatable bonds is 6. The molecule has 0 atom stereocenters. The van der Waals surface area contributed by atoms with Gasteiger partial charge in [-0.05, 0) is 55.0 Å². The van der Waals surface area contributed by atoms with Crippen LogP contribution in [0.4, 0.5) is 5.69 Å². The maximum absolute atomic E-state index is 12.5. The monoisotopic (exact) mass is 426 g/mol. The predicted octanol–water partition coefficient (Wildman–Crippen LogP) is 4.46. The Morgan fingerprint density at radius 2 is 1.72 bits per heavy atom. The molecule has 0 aliphatic rings. The molecule has 0 saturated heterocycles. The molecule has 0 aliphatic heterocycles. The fraction of sp³-hybridized carbons (Fsp3) is 0.0400. The van der Waals surface area contributed by atoms with Crippen LogP contribution in [0.15, 0.2) is 78.4 Å². The van der Waals surface area contributed by atoms with E-state index in [1.54, 1.807) is 54.6 Å². The Kier molecular flexibility index (Phi) is 6.78.